The van der Waals surface area contributed by atoms with Gasteiger partial charge in [0.05, 0.1) is 11.9 Å². The number of hydrogen-bond donors (Lipinski definition) is 2. The minimum Gasteiger partial charge on any atom is -0.399 e. The molecule has 1 saturated heterocycles. The molecular formula is C19H27N3O2S. The van der Waals surface area contributed by atoms with Gasteiger partial charge >= 0.3 is 0 Å². The van der Waals surface area contributed by atoms with Gasteiger partial charge in [0.1, 0.15) is 6.04 Å². The summed E-state index contributed by atoms with van der Waals surface area (Å²) in [4.78, 5) is 27.0. The summed E-state index contributed by atoms with van der Waals surface area (Å²) in [6.07, 6.45) is 5.39. The van der Waals surface area contributed by atoms with E-state index in [9.17, 15) is 9.59 Å². The van der Waals surface area contributed by atoms with E-state index in [0.29, 0.717) is 18.1 Å². The predicted molar refractivity (Wildman–Crippen MR) is 102 cm³/mol. The standard InChI is InChI=1S/C19H27N3O2S/c1-2-3-7-18(23)22-12-25-11-17(22)19(24)21-16-6-4-5-13-10-14(20)8-9-15(13)16/h8-10,16-17H,2-7,11-12,20H2,1H3,(H,21,24). The first-order chi connectivity index (χ1) is 12.1. The summed E-state index contributed by atoms with van der Waals surface area (Å²) in [5.74, 6) is 1.39. The second-order valence-corrected chi connectivity index (χ2v) is 7.89. The van der Waals surface area contributed by atoms with Gasteiger partial charge in [-0.25, -0.2) is 0 Å². The van der Waals surface area contributed by atoms with Crippen LogP contribution in [0.1, 0.15) is 56.2 Å². The van der Waals surface area contributed by atoms with Crippen LogP contribution in [0.4, 0.5) is 5.69 Å². The van der Waals surface area contributed by atoms with Gasteiger partial charge in [0.15, 0.2) is 0 Å². The van der Waals surface area contributed by atoms with Gasteiger partial charge in [-0.15, -0.1) is 11.8 Å². The first kappa shape index (κ1) is 18.1. The molecule has 6 heteroatoms. The number of nitrogens with zero attached hydrogens (tertiary/aromatic N) is 1. The van der Waals surface area contributed by atoms with Crippen LogP contribution in [0.5, 0.6) is 0 Å². The van der Waals surface area contributed by atoms with Crippen molar-refractivity contribution in [3.63, 3.8) is 0 Å². The zero-order chi connectivity index (χ0) is 17.8. The fraction of sp³-hybridized carbons (Fsp3) is 0.579. The van der Waals surface area contributed by atoms with E-state index in [-0.39, 0.29) is 23.9 Å². The number of anilines is 1. The van der Waals surface area contributed by atoms with Crippen molar-refractivity contribution in [2.45, 2.75) is 57.5 Å². The minimum absolute atomic E-state index is 0.0232. The Hall–Kier alpha value is -1.69. The van der Waals surface area contributed by atoms with Gasteiger partial charge in [0.25, 0.3) is 0 Å². The molecule has 1 aromatic carbocycles. The summed E-state index contributed by atoms with van der Waals surface area (Å²) in [7, 11) is 0. The zero-order valence-electron chi connectivity index (χ0n) is 14.8. The van der Waals surface area contributed by atoms with Crippen molar-refractivity contribution in [2.75, 3.05) is 17.4 Å². The van der Waals surface area contributed by atoms with Gasteiger partial charge in [-0.05, 0) is 48.9 Å². The molecule has 1 fully saturated rings. The van der Waals surface area contributed by atoms with Crippen LogP contribution in [0.2, 0.25) is 0 Å². The van der Waals surface area contributed by atoms with Crippen LogP contribution in [0, 0.1) is 0 Å². The molecule has 136 valence electrons. The van der Waals surface area contributed by atoms with Crippen LogP contribution in [0.15, 0.2) is 18.2 Å². The Kier molecular flexibility index (Phi) is 5.89. The molecule has 2 atom stereocenters. The molecule has 2 unspecified atom stereocenters. The summed E-state index contributed by atoms with van der Waals surface area (Å²) >= 11 is 1.66. The Morgan fingerprint density at radius 1 is 1.40 bits per heavy atom. The number of benzene rings is 1. The second-order valence-electron chi connectivity index (χ2n) is 6.89. The zero-order valence-corrected chi connectivity index (χ0v) is 15.6. The topological polar surface area (TPSA) is 75.4 Å². The first-order valence-corrected chi connectivity index (χ1v) is 10.3. The quantitative estimate of drug-likeness (QED) is 0.791. The largest absolute Gasteiger partial charge is 0.399 e. The number of hydrogen-bond acceptors (Lipinski definition) is 4. The molecule has 1 aromatic rings. The average Bonchev–Trinajstić information content (AvgIpc) is 3.09. The van der Waals surface area contributed by atoms with Gasteiger partial charge in [0.2, 0.25) is 11.8 Å². The molecule has 0 bridgehead atoms. The molecule has 0 saturated carbocycles. The number of carbonyl (C=O) groups is 2. The molecule has 2 amide bonds. The summed E-state index contributed by atoms with van der Waals surface area (Å²) < 4.78 is 0. The number of unbranched alkanes of at least 4 members (excludes halogenated alkanes) is 1. The molecule has 0 radical (unpaired) electrons. The number of nitrogens with one attached hydrogen (secondary N) is 1. The smallest absolute Gasteiger partial charge is 0.244 e. The maximum Gasteiger partial charge on any atom is 0.244 e. The molecule has 0 aromatic heterocycles. The van der Waals surface area contributed by atoms with E-state index in [1.807, 2.05) is 18.2 Å². The minimum atomic E-state index is -0.339. The maximum atomic E-state index is 12.8. The van der Waals surface area contributed by atoms with E-state index in [2.05, 4.69) is 12.2 Å². The van der Waals surface area contributed by atoms with Crippen molar-refractivity contribution in [3.05, 3.63) is 29.3 Å². The highest BCUT2D eigenvalue weighted by molar-refractivity contribution is 7.99. The fourth-order valence-corrected chi connectivity index (χ4v) is 4.81. The fourth-order valence-electron chi connectivity index (χ4n) is 3.63. The van der Waals surface area contributed by atoms with Crippen LogP contribution in [0.25, 0.3) is 0 Å². The highest BCUT2D eigenvalue weighted by Gasteiger charge is 2.35. The van der Waals surface area contributed by atoms with Crippen molar-refractivity contribution >= 4 is 29.3 Å². The van der Waals surface area contributed by atoms with Crippen molar-refractivity contribution in [1.82, 2.24) is 10.2 Å². The third kappa shape index (κ3) is 4.11. The van der Waals surface area contributed by atoms with Crippen molar-refractivity contribution < 1.29 is 9.59 Å². The Labute approximate surface area is 153 Å². The molecule has 1 aliphatic carbocycles. The van der Waals surface area contributed by atoms with E-state index in [1.165, 1.54) is 11.1 Å². The molecule has 25 heavy (non-hydrogen) atoms. The van der Waals surface area contributed by atoms with Crippen molar-refractivity contribution in [2.24, 2.45) is 0 Å². The third-order valence-corrected chi connectivity index (χ3v) is 6.06. The first-order valence-electron chi connectivity index (χ1n) is 9.16. The number of nitrogen functional groups attached to an aromatic ring is 1. The number of fused-ring (bicyclic) bond motifs is 1. The molecule has 5 nitrogen and oxygen atoms in total. The van der Waals surface area contributed by atoms with E-state index in [0.717, 1.165) is 37.8 Å². The summed E-state index contributed by atoms with van der Waals surface area (Å²) in [5, 5.41) is 3.19. The Bertz CT molecular complexity index is 650. The molecule has 1 heterocycles. The monoisotopic (exact) mass is 361 g/mol. The lowest BCUT2D eigenvalue weighted by molar-refractivity contribution is -0.138. The number of amides is 2. The van der Waals surface area contributed by atoms with Crippen molar-refractivity contribution in [3.8, 4) is 0 Å². The lowest BCUT2D eigenvalue weighted by Crippen LogP contribution is -2.48. The molecular weight excluding hydrogens is 334 g/mol. The average molecular weight is 362 g/mol. The normalized spacial score (nSPS) is 22.5. The summed E-state index contributed by atoms with van der Waals surface area (Å²) in [6.45, 7) is 2.07. The van der Waals surface area contributed by atoms with Gasteiger partial charge in [0, 0.05) is 17.9 Å². The number of carbonyl (C=O) groups excluding carboxylic acids is 2. The Morgan fingerprint density at radius 2 is 2.24 bits per heavy atom. The molecule has 3 rings (SSSR count). The molecule has 2 aliphatic rings. The van der Waals surface area contributed by atoms with Gasteiger partial charge in [-0.3, -0.25) is 9.59 Å². The maximum absolute atomic E-state index is 12.8. The second kappa shape index (κ2) is 8.13. The van der Waals surface area contributed by atoms with Crippen molar-refractivity contribution in [1.29, 1.82) is 0 Å². The lowest BCUT2D eigenvalue weighted by atomic mass is 9.87. The van der Waals surface area contributed by atoms with Gasteiger partial charge in [-0.1, -0.05) is 19.4 Å². The Balaban J connectivity index is 1.67. The number of rotatable bonds is 5. The number of thioether (sulfide) groups is 1. The number of nitrogens with two attached hydrogens (primary N) is 1. The van der Waals surface area contributed by atoms with Gasteiger partial charge < -0.3 is 16.0 Å². The van der Waals surface area contributed by atoms with E-state index >= 15 is 0 Å². The van der Waals surface area contributed by atoms with Crippen LogP contribution in [-0.4, -0.2) is 34.4 Å². The van der Waals surface area contributed by atoms with Gasteiger partial charge in [-0.2, -0.15) is 0 Å². The molecule has 1 aliphatic heterocycles. The highest BCUT2D eigenvalue weighted by Crippen LogP contribution is 2.32. The van der Waals surface area contributed by atoms with Crippen LogP contribution in [-0.2, 0) is 16.0 Å². The van der Waals surface area contributed by atoms with Crippen LogP contribution < -0.4 is 11.1 Å². The van der Waals surface area contributed by atoms with E-state index in [1.54, 1.807) is 16.7 Å². The molecule has 3 N–H and O–H groups in total. The number of aryl methyl sites for hydroxylation is 1. The summed E-state index contributed by atoms with van der Waals surface area (Å²) in [5.41, 5.74) is 9.05. The van der Waals surface area contributed by atoms with E-state index in [4.69, 9.17) is 5.73 Å². The lowest BCUT2D eigenvalue weighted by Gasteiger charge is -2.29. The van der Waals surface area contributed by atoms with Crippen LogP contribution >= 0.6 is 11.8 Å². The Morgan fingerprint density at radius 3 is 3.04 bits per heavy atom. The highest BCUT2D eigenvalue weighted by atomic mass is 32.2. The van der Waals surface area contributed by atoms with E-state index < -0.39 is 0 Å². The van der Waals surface area contributed by atoms with Crippen LogP contribution in [0.3, 0.4) is 0 Å². The molecule has 0 spiro atoms. The SMILES string of the molecule is CCCCC(=O)N1CSCC1C(=O)NC1CCCc2cc(N)ccc21. The third-order valence-electron chi connectivity index (χ3n) is 5.05. The predicted octanol–water partition coefficient (Wildman–Crippen LogP) is 2.85. The summed E-state index contributed by atoms with van der Waals surface area (Å²) in [6, 6.07) is 5.63.